The van der Waals surface area contributed by atoms with Crippen molar-refractivity contribution in [2.24, 2.45) is 18.9 Å². The van der Waals surface area contributed by atoms with Crippen LogP contribution in [0.3, 0.4) is 0 Å². The van der Waals surface area contributed by atoms with Gasteiger partial charge >= 0.3 is 0 Å². The Kier molecular flexibility index (Phi) is 5.50. The van der Waals surface area contributed by atoms with E-state index in [1.165, 1.54) is 31.2 Å². The number of piperidine rings is 2. The highest BCUT2D eigenvalue weighted by Crippen LogP contribution is 2.72. The van der Waals surface area contributed by atoms with Gasteiger partial charge in [0.15, 0.2) is 35.2 Å². The molecule has 3 aromatic rings. The maximum absolute atomic E-state index is 13.7. The van der Waals surface area contributed by atoms with Gasteiger partial charge in [-0.2, -0.15) is 0 Å². The number of fused-ring (bicyclic) bond motifs is 6. The number of phenolic OH excluding ortho intramolecular Hbond substituents is 2. The molecule has 2 bridgehead atoms. The Labute approximate surface area is 298 Å². The van der Waals surface area contributed by atoms with Gasteiger partial charge in [-0.05, 0) is 118 Å². The van der Waals surface area contributed by atoms with E-state index in [4.69, 9.17) is 9.47 Å². The lowest BCUT2D eigenvalue weighted by atomic mass is 9.48. The molecule has 2 aromatic carbocycles. The zero-order chi connectivity index (χ0) is 34.6. The molecule has 51 heavy (non-hydrogen) atoms. The van der Waals surface area contributed by atoms with Gasteiger partial charge in [0.05, 0.1) is 33.4 Å². The van der Waals surface area contributed by atoms with Crippen LogP contribution >= 0.6 is 0 Å². The second kappa shape index (κ2) is 9.27. The summed E-state index contributed by atoms with van der Waals surface area (Å²) in [5.74, 6) is 2.70. The summed E-state index contributed by atoms with van der Waals surface area (Å²) >= 11 is 0. The van der Waals surface area contributed by atoms with Crippen molar-refractivity contribution in [1.29, 1.82) is 0 Å². The number of aromatic nitrogens is 1. The second-order valence-electron chi connectivity index (χ2n) is 18.3. The summed E-state index contributed by atoms with van der Waals surface area (Å²) < 4.78 is 16.4. The molecule has 8 atom stereocenters. The fourth-order valence-corrected chi connectivity index (χ4v) is 13.4. The quantitative estimate of drug-likeness (QED) is 0.314. The van der Waals surface area contributed by atoms with Crippen molar-refractivity contribution < 1.29 is 29.9 Å². The number of ether oxygens (including phenoxy) is 2. The van der Waals surface area contributed by atoms with E-state index < -0.39 is 34.2 Å². The van der Waals surface area contributed by atoms with Crippen LogP contribution in [-0.2, 0) is 37.1 Å². The van der Waals surface area contributed by atoms with Crippen molar-refractivity contribution in [3.05, 3.63) is 69.0 Å². The van der Waals surface area contributed by atoms with E-state index in [1.54, 1.807) is 12.1 Å². The van der Waals surface area contributed by atoms with Crippen LogP contribution in [-0.4, -0.2) is 84.3 Å². The normalized spacial score (nSPS) is 39.6. The smallest absolute Gasteiger partial charge is 0.166 e. The molecule has 1 unspecified atom stereocenters. The molecule has 9 heteroatoms. The lowest BCUT2D eigenvalue weighted by molar-refractivity contribution is -0.174. The minimum Gasteiger partial charge on any atom is -0.504 e. The zero-order valence-corrected chi connectivity index (χ0v) is 29.9. The molecule has 1 aromatic heterocycles. The van der Waals surface area contributed by atoms with E-state index in [0.717, 1.165) is 84.6 Å². The van der Waals surface area contributed by atoms with Gasteiger partial charge in [0.1, 0.15) is 0 Å². The minimum atomic E-state index is -1.18. The first kappa shape index (κ1) is 30.2. The molecule has 5 aliphatic carbocycles. The average molecular weight is 692 g/mol. The molecule has 0 amide bonds. The third-order valence-corrected chi connectivity index (χ3v) is 16.1. The molecule has 268 valence electrons. The van der Waals surface area contributed by atoms with Crippen LogP contribution in [0.4, 0.5) is 0 Å². The van der Waals surface area contributed by atoms with Crippen molar-refractivity contribution in [1.82, 2.24) is 14.4 Å². The molecular formula is C42H49N3O6. The Morgan fingerprint density at radius 2 is 1.29 bits per heavy atom. The second-order valence-corrected chi connectivity index (χ2v) is 18.3. The summed E-state index contributed by atoms with van der Waals surface area (Å²) in [6, 6.07) is 7.35. The van der Waals surface area contributed by atoms with Crippen molar-refractivity contribution >= 4 is 0 Å². The number of hydrogen-bond donors (Lipinski definition) is 4. The molecule has 12 rings (SSSR count). The van der Waals surface area contributed by atoms with E-state index in [0.29, 0.717) is 36.2 Å². The van der Waals surface area contributed by atoms with Gasteiger partial charge in [-0.15, -0.1) is 0 Å². The Morgan fingerprint density at radius 1 is 0.745 bits per heavy atom. The topological polar surface area (TPSA) is 111 Å². The van der Waals surface area contributed by atoms with E-state index in [1.807, 2.05) is 6.07 Å². The maximum atomic E-state index is 13.7. The molecule has 2 saturated heterocycles. The van der Waals surface area contributed by atoms with Gasteiger partial charge in [-0.1, -0.05) is 12.1 Å². The Balaban J connectivity index is 1.09. The number of likely N-dealkylation sites (tertiary alicyclic amines) is 2. The third kappa shape index (κ3) is 3.29. The first-order valence-electron chi connectivity index (χ1n) is 19.7. The zero-order valence-electron chi connectivity index (χ0n) is 29.9. The predicted octanol–water partition coefficient (Wildman–Crippen LogP) is 4.61. The fraction of sp³-hybridized carbons (Fsp3) is 0.619. The number of rotatable bonds is 4. The fourth-order valence-electron chi connectivity index (χ4n) is 13.4. The SMILES string of the molecule is Cc1ccc(O)c2c1[C@]13CCN(CC4CC4)[C@H](C)[C@]1(O)Cc1c4c(n(C)c1[C@@H]3O2)[C@@H]1Oc2c(O)ccc3c2[C@@]12CCN(CC1CC1)C(C3)[C@]2(O)C4. The molecular weight excluding hydrogens is 642 g/mol. The van der Waals surface area contributed by atoms with E-state index >= 15 is 0 Å². The number of phenols is 2. The highest BCUT2D eigenvalue weighted by Gasteiger charge is 2.75. The Hall–Kier alpha value is -3.24. The number of aliphatic hydroxyl groups is 2. The molecule has 4 fully saturated rings. The molecule has 4 N–H and O–H groups in total. The van der Waals surface area contributed by atoms with Crippen LogP contribution in [0, 0.1) is 18.8 Å². The van der Waals surface area contributed by atoms with Gasteiger partial charge in [0.25, 0.3) is 0 Å². The monoisotopic (exact) mass is 691 g/mol. The standard InChI is InChI=1S/C42H49N3O6/c1-21-4-10-28(46)35-31(21)39-12-14-44(19-23-5-6-23)22(2)41(39,48)17-26-27-18-42(49)30-16-25-9-11-29(47)36-32(25)40(42,13-15-45(30)20-24-7-8-24)38(51-36)34(27)43(3)33(26)37(39)50-35/h4,9-11,22-24,30,37-38,46-49H,5-8,12-20H2,1-3H3/t22-,30?,37+,38+,39+,40+,41-,42-/m1/s1. The van der Waals surface area contributed by atoms with E-state index in [9.17, 15) is 20.4 Å². The van der Waals surface area contributed by atoms with Crippen molar-refractivity contribution in [2.45, 2.75) is 118 Å². The minimum absolute atomic E-state index is 0.0649. The molecule has 2 spiro atoms. The number of hydrogen-bond acceptors (Lipinski definition) is 8. The lowest BCUT2D eigenvalue weighted by Crippen LogP contribution is -2.74. The summed E-state index contributed by atoms with van der Waals surface area (Å²) in [6.45, 7) is 8.07. The van der Waals surface area contributed by atoms with Crippen molar-refractivity contribution in [3.63, 3.8) is 0 Å². The number of aromatic hydroxyl groups is 2. The van der Waals surface area contributed by atoms with E-state index in [2.05, 4.69) is 41.3 Å². The molecule has 2 saturated carbocycles. The van der Waals surface area contributed by atoms with Crippen LogP contribution in [0.2, 0.25) is 0 Å². The van der Waals surface area contributed by atoms with Gasteiger partial charge in [0, 0.05) is 56.2 Å². The summed E-state index contributed by atoms with van der Waals surface area (Å²) in [5, 5.41) is 49.9. The molecule has 4 aliphatic heterocycles. The molecule has 5 heterocycles. The third-order valence-electron chi connectivity index (χ3n) is 16.1. The first-order valence-corrected chi connectivity index (χ1v) is 19.7. The average Bonchev–Trinajstić information content (AvgIpc) is 4.01. The summed E-state index contributed by atoms with van der Waals surface area (Å²) in [7, 11) is 2.12. The van der Waals surface area contributed by atoms with Gasteiger partial charge in [-0.25, -0.2) is 0 Å². The van der Waals surface area contributed by atoms with Crippen LogP contribution in [0.15, 0.2) is 24.3 Å². The van der Waals surface area contributed by atoms with Crippen molar-refractivity contribution in [3.8, 4) is 23.0 Å². The van der Waals surface area contributed by atoms with E-state index in [-0.39, 0.29) is 23.6 Å². The maximum Gasteiger partial charge on any atom is 0.166 e. The molecule has 9 aliphatic rings. The van der Waals surface area contributed by atoms with Crippen LogP contribution in [0.25, 0.3) is 0 Å². The number of aryl methyl sites for hydroxylation is 1. The largest absolute Gasteiger partial charge is 0.504 e. The summed E-state index contributed by atoms with van der Waals surface area (Å²) in [4.78, 5) is 5.09. The van der Waals surface area contributed by atoms with Crippen molar-refractivity contribution in [2.75, 3.05) is 26.2 Å². The summed E-state index contributed by atoms with van der Waals surface area (Å²) in [5.41, 5.74) is 4.70. The van der Waals surface area contributed by atoms with Crippen LogP contribution in [0.5, 0.6) is 23.0 Å². The number of nitrogens with zero attached hydrogens (tertiary/aromatic N) is 3. The van der Waals surface area contributed by atoms with Gasteiger partial charge < -0.3 is 34.5 Å². The first-order chi connectivity index (χ1) is 24.5. The number of benzene rings is 2. The van der Waals surface area contributed by atoms with Gasteiger partial charge in [-0.3, -0.25) is 9.80 Å². The summed E-state index contributed by atoms with van der Waals surface area (Å²) in [6.07, 6.45) is 7.17. The van der Waals surface area contributed by atoms with Gasteiger partial charge in [0.2, 0.25) is 0 Å². The highest BCUT2D eigenvalue weighted by atomic mass is 16.5. The predicted molar refractivity (Wildman–Crippen MR) is 189 cm³/mol. The highest BCUT2D eigenvalue weighted by molar-refractivity contribution is 5.68. The molecule has 0 radical (unpaired) electrons. The Bertz CT molecular complexity index is 2090. The van der Waals surface area contributed by atoms with Crippen LogP contribution < -0.4 is 9.47 Å². The Morgan fingerprint density at radius 3 is 1.94 bits per heavy atom. The molecule has 9 nitrogen and oxygen atoms in total. The lowest BCUT2D eigenvalue weighted by Gasteiger charge is -2.63. The van der Waals surface area contributed by atoms with Crippen LogP contribution in [0.1, 0.15) is 102 Å².